The molecule has 27 heavy (non-hydrogen) atoms. The molecule has 0 aliphatic carbocycles. The van der Waals surface area contributed by atoms with Gasteiger partial charge in [0.15, 0.2) is 30.7 Å². The summed E-state index contributed by atoms with van der Waals surface area (Å²) in [5.41, 5.74) is 0. The molecule has 0 fully saturated rings. The van der Waals surface area contributed by atoms with Gasteiger partial charge in [-0.25, -0.2) is 0 Å². The van der Waals surface area contributed by atoms with E-state index in [1.54, 1.807) is 0 Å². The first-order valence-corrected chi connectivity index (χ1v) is 7.02. The lowest BCUT2D eigenvalue weighted by molar-refractivity contribution is -0.201. The second-order valence-electron chi connectivity index (χ2n) is 4.71. The summed E-state index contributed by atoms with van der Waals surface area (Å²) in [5.74, 6) is -6.14. The van der Waals surface area contributed by atoms with Crippen molar-refractivity contribution in [1.29, 1.82) is 0 Å². The lowest BCUT2D eigenvalue weighted by atomic mass is 10.0. The van der Waals surface area contributed by atoms with E-state index in [0.29, 0.717) is 0 Å². The Morgan fingerprint density at radius 2 is 1.22 bits per heavy atom. The average Bonchev–Trinajstić information content (AvgIpc) is 2.81. The summed E-state index contributed by atoms with van der Waals surface area (Å²) in [6.45, 7) is -5.60. The first-order chi connectivity index (χ1) is 15.2. The molecule has 0 saturated heterocycles. The van der Waals surface area contributed by atoms with Crippen LogP contribution in [-0.2, 0) is 52.5 Å². The zero-order valence-corrected chi connectivity index (χ0v) is 14.1. The fraction of sp³-hybridized carbons (Fsp3) is 0.625. The number of carbonyl (C=O) groups is 6. The zero-order chi connectivity index (χ0) is 24.7. The first kappa shape index (κ1) is 16.2. The molecule has 0 amide bonds. The molecule has 0 aromatic carbocycles. The third kappa shape index (κ3) is 9.92. The van der Waals surface area contributed by atoms with Crippen molar-refractivity contribution < 1.29 is 59.3 Å². The van der Waals surface area contributed by atoms with Gasteiger partial charge >= 0.3 is 29.8 Å². The number of ether oxygens (including phenoxy) is 5. The molecule has 0 radical (unpaired) electrons. The van der Waals surface area contributed by atoms with Gasteiger partial charge < -0.3 is 23.7 Å². The highest BCUT2D eigenvalue weighted by Gasteiger charge is 2.43. The Balaban J connectivity index is 6.32. The molecule has 0 aromatic heterocycles. The van der Waals surface area contributed by atoms with Crippen LogP contribution >= 0.6 is 0 Å². The van der Waals surface area contributed by atoms with Crippen molar-refractivity contribution >= 4 is 36.1 Å². The predicted molar refractivity (Wildman–Crippen MR) is 84.9 cm³/mol. The Kier molecular flexibility index (Phi) is 6.97. The third-order valence-electron chi connectivity index (χ3n) is 2.64. The minimum absolute atomic E-state index is 0.0455. The molecular formula is C16H22O11. The smallest absolute Gasteiger partial charge is 0.303 e. The van der Waals surface area contributed by atoms with Gasteiger partial charge in [0.2, 0.25) is 0 Å². The Bertz CT molecular complexity index is 675. The van der Waals surface area contributed by atoms with Gasteiger partial charge in [0.25, 0.3) is 0 Å². The molecule has 11 heteroatoms. The quantitative estimate of drug-likeness (QED) is 0.267. The maximum absolute atomic E-state index is 11.8. The molecule has 4 atom stereocenters. The summed E-state index contributed by atoms with van der Waals surface area (Å²) < 4.78 is 59.2. The Hall–Kier alpha value is -2.98. The predicted octanol–water partition coefficient (Wildman–Crippen LogP) is -0.525. The van der Waals surface area contributed by atoms with Gasteiger partial charge in [-0.2, -0.15) is 0 Å². The highest BCUT2D eigenvalue weighted by atomic mass is 16.6. The SMILES string of the molecule is [2H]CC(=O)OC[C@@H](OC(=O)C[2H])[C@@H](OC(=O)C[2H])[C@H](OC(=O)C[2H])[C@@H](C=O)OC(=O)C[2H]. The summed E-state index contributed by atoms with van der Waals surface area (Å²) in [6.07, 6.45) is -7.95. The molecule has 0 saturated carbocycles. The molecule has 0 rings (SSSR count). The van der Waals surface area contributed by atoms with Crippen molar-refractivity contribution in [1.82, 2.24) is 0 Å². The summed E-state index contributed by atoms with van der Waals surface area (Å²) >= 11 is 0. The molecule has 0 aliphatic rings. The summed E-state index contributed by atoms with van der Waals surface area (Å²) in [5, 5.41) is 0. The molecule has 0 aliphatic heterocycles. The number of aldehydes is 1. The van der Waals surface area contributed by atoms with Crippen LogP contribution < -0.4 is 0 Å². The monoisotopic (exact) mass is 395 g/mol. The normalized spacial score (nSPS) is 17.0. The number of hydrogen-bond donors (Lipinski definition) is 0. The van der Waals surface area contributed by atoms with Crippen LogP contribution in [0.5, 0.6) is 0 Å². The van der Waals surface area contributed by atoms with Gasteiger partial charge in [0.05, 0.1) is 0 Å². The molecule has 0 bridgehead atoms. The molecule has 0 heterocycles. The maximum atomic E-state index is 11.8. The Morgan fingerprint density at radius 1 is 0.741 bits per heavy atom. The van der Waals surface area contributed by atoms with Gasteiger partial charge in [-0.05, 0) is 0 Å². The van der Waals surface area contributed by atoms with Crippen molar-refractivity contribution in [3.63, 3.8) is 0 Å². The van der Waals surface area contributed by atoms with Gasteiger partial charge in [-0.3, -0.25) is 28.8 Å². The zero-order valence-electron chi connectivity index (χ0n) is 19.1. The van der Waals surface area contributed by atoms with E-state index >= 15 is 0 Å². The molecule has 0 spiro atoms. The van der Waals surface area contributed by atoms with Crippen molar-refractivity contribution in [2.45, 2.75) is 58.9 Å². The van der Waals surface area contributed by atoms with E-state index in [0.717, 1.165) is 0 Å². The van der Waals surface area contributed by atoms with Crippen LogP contribution in [0, 0.1) is 0 Å². The van der Waals surface area contributed by atoms with E-state index in [2.05, 4.69) is 4.74 Å². The van der Waals surface area contributed by atoms with Crippen LogP contribution in [-0.4, -0.2) is 67.2 Å². The van der Waals surface area contributed by atoms with Crippen LogP contribution in [0.2, 0.25) is 0 Å². The summed E-state index contributed by atoms with van der Waals surface area (Å²) in [6, 6.07) is 0. The van der Waals surface area contributed by atoms with E-state index < -0.39 is 95.4 Å². The number of hydrogen-bond acceptors (Lipinski definition) is 11. The largest absolute Gasteiger partial charge is 0.462 e. The van der Waals surface area contributed by atoms with E-state index in [1.807, 2.05) is 0 Å². The van der Waals surface area contributed by atoms with Gasteiger partial charge in [-0.1, -0.05) is 0 Å². The van der Waals surface area contributed by atoms with E-state index in [4.69, 9.17) is 25.8 Å². The minimum Gasteiger partial charge on any atom is -0.462 e. The van der Waals surface area contributed by atoms with E-state index in [9.17, 15) is 28.8 Å². The minimum atomic E-state index is -2.05. The standard InChI is InChI=1S/C16H22O11/c1-8(18)23-7-14(25-10(3)20)16(27-12(5)22)15(26-11(4)21)13(6-17)24-9(2)19/h6,13-16H,7H2,1-5H3/t13-,14-,15-,16-/m1/s1/i1D,2D,3D,4D,5D. The lowest BCUT2D eigenvalue weighted by Gasteiger charge is -2.33. The van der Waals surface area contributed by atoms with Gasteiger partial charge in [-0.15, -0.1) is 0 Å². The maximum Gasteiger partial charge on any atom is 0.303 e. The van der Waals surface area contributed by atoms with Crippen LogP contribution in [0.25, 0.3) is 0 Å². The Labute approximate surface area is 162 Å². The fourth-order valence-electron chi connectivity index (χ4n) is 1.84. The number of rotatable bonds is 10. The van der Waals surface area contributed by atoms with Crippen molar-refractivity contribution in [3.05, 3.63) is 0 Å². The van der Waals surface area contributed by atoms with Gasteiger partial charge in [0.1, 0.15) is 6.61 Å². The third-order valence-corrected chi connectivity index (χ3v) is 2.64. The highest BCUT2D eigenvalue weighted by molar-refractivity contribution is 5.72. The van der Waals surface area contributed by atoms with Crippen LogP contribution in [0.1, 0.15) is 41.4 Å². The van der Waals surface area contributed by atoms with E-state index in [1.165, 1.54) is 0 Å². The molecule has 0 N–H and O–H groups in total. The molecular weight excluding hydrogens is 368 g/mol. The van der Waals surface area contributed by atoms with Crippen molar-refractivity contribution in [2.24, 2.45) is 0 Å². The highest BCUT2D eigenvalue weighted by Crippen LogP contribution is 2.19. The topological polar surface area (TPSA) is 149 Å². The second-order valence-corrected chi connectivity index (χ2v) is 4.71. The van der Waals surface area contributed by atoms with Crippen molar-refractivity contribution in [2.75, 3.05) is 6.61 Å². The fourth-order valence-corrected chi connectivity index (χ4v) is 1.84. The average molecular weight is 395 g/mol. The van der Waals surface area contributed by atoms with Crippen LogP contribution in [0.3, 0.4) is 0 Å². The molecule has 0 unspecified atom stereocenters. The van der Waals surface area contributed by atoms with Gasteiger partial charge in [0, 0.05) is 41.4 Å². The number of esters is 5. The molecule has 11 nitrogen and oxygen atoms in total. The lowest BCUT2D eigenvalue weighted by Crippen LogP contribution is -2.53. The second kappa shape index (κ2) is 11.6. The first-order valence-electron chi connectivity index (χ1n) is 10.6. The van der Waals surface area contributed by atoms with Crippen molar-refractivity contribution in [3.8, 4) is 0 Å². The van der Waals surface area contributed by atoms with Crippen LogP contribution in [0.15, 0.2) is 0 Å². The number of carbonyl (C=O) groups excluding carboxylic acids is 6. The summed E-state index contributed by atoms with van der Waals surface area (Å²) in [4.78, 5) is 69.6. The summed E-state index contributed by atoms with van der Waals surface area (Å²) in [7, 11) is 0. The molecule has 152 valence electrons. The van der Waals surface area contributed by atoms with Crippen LogP contribution in [0.4, 0.5) is 0 Å². The van der Waals surface area contributed by atoms with E-state index in [-0.39, 0.29) is 6.29 Å². The Morgan fingerprint density at radius 3 is 1.74 bits per heavy atom. The molecule has 0 aromatic rings.